The maximum atomic E-state index is 12.4. The lowest BCUT2D eigenvalue weighted by atomic mass is 10.0. The van der Waals surface area contributed by atoms with E-state index in [4.69, 9.17) is 0 Å². The first-order chi connectivity index (χ1) is 6.09. The smallest absolute Gasteiger partial charge is 0.369 e. The highest BCUT2D eigenvalue weighted by Gasteiger charge is 2.44. The number of alkyl halides is 3. The van der Waals surface area contributed by atoms with Crippen LogP contribution in [-0.2, 0) is 0 Å². The van der Waals surface area contributed by atoms with Crippen LogP contribution < -0.4 is 5.32 Å². The van der Waals surface area contributed by atoms with Crippen LogP contribution in [0.2, 0.25) is 0 Å². The summed E-state index contributed by atoms with van der Waals surface area (Å²) >= 11 is 0. The molecule has 0 saturated carbocycles. The molecule has 0 fully saturated rings. The Kier molecular flexibility index (Phi) is 1.68. The van der Waals surface area contributed by atoms with Crippen molar-refractivity contribution < 1.29 is 13.2 Å². The van der Waals surface area contributed by atoms with Crippen molar-refractivity contribution in [3.63, 3.8) is 0 Å². The second kappa shape index (κ2) is 2.61. The Hall–Kier alpha value is -1.26. The summed E-state index contributed by atoms with van der Waals surface area (Å²) in [6.07, 6.45) is -2.70. The van der Waals surface area contributed by atoms with Crippen molar-refractivity contribution >= 4 is 5.82 Å². The molecule has 0 saturated heterocycles. The minimum absolute atomic E-state index is 0.101. The van der Waals surface area contributed by atoms with Gasteiger partial charge in [0.1, 0.15) is 11.7 Å². The zero-order chi connectivity index (χ0) is 9.47. The number of anilines is 1. The number of pyridine rings is 1. The summed E-state index contributed by atoms with van der Waals surface area (Å²) in [4.78, 5) is 3.81. The second-order valence-corrected chi connectivity index (χ2v) is 2.92. The molecule has 1 aromatic heterocycles. The number of halogens is 3. The van der Waals surface area contributed by atoms with Crippen molar-refractivity contribution in [3.05, 3.63) is 23.9 Å². The van der Waals surface area contributed by atoms with Gasteiger partial charge in [0.2, 0.25) is 0 Å². The number of hydrogen-bond acceptors (Lipinski definition) is 2. The Morgan fingerprint density at radius 1 is 1.46 bits per heavy atom. The maximum Gasteiger partial charge on any atom is 0.397 e. The molecule has 0 aliphatic carbocycles. The van der Waals surface area contributed by atoms with Crippen LogP contribution in [0.15, 0.2) is 18.3 Å². The first-order valence-electron chi connectivity index (χ1n) is 3.84. The van der Waals surface area contributed by atoms with Gasteiger partial charge in [0.25, 0.3) is 0 Å². The molecule has 1 aliphatic heterocycles. The molecule has 2 rings (SSSR count). The molecule has 0 amide bonds. The summed E-state index contributed by atoms with van der Waals surface area (Å²) in [5.41, 5.74) is 0.245. The number of hydrogen-bond donors (Lipinski definition) is 1. The van der Waals surface area contributed by atoms with Crippen LogP contribution in [0.1, 0.15) is 11.5 Å². The van der Waals surface area contributed by atoms with Crippen molar-refractivity contribution in [2.24, 2.45) is 0 Å². The Labute approximate surface area is 72.8 Å². The summed E-state index contributed by atoms with van der Waals surface area (Å²) in [6.45, 7) is -0.101. The summed E-state index contributed by atoms with van der Waals surface area (Å²) in [6, 6.07) is 2.98. The first-order valence-corrected chi connectivity index (χ1v) is 3.84. The van der Waals surface area contributed by atoms with E-state index in [-0.39, 0.29) is 12.1 Å². The van der Waals surface area contributed by atoms with Crippen LogP contribution in [0.25, 0.3) is 0 Å². The Bertz CT molecular complexity index is 321. The van der Waals surface area contributed by atoms with Crippen molar-refractivity contribution in [2.45, 2.75) is 12.1 Å². The van der Waals surface area contributed by atoms with Gasteiger partial charge in [-0.3, -0.25) is 0 Å². The molecule has 70 valence electrons. The molecule has 1 N–H and O–H groups in total. The van der Waals surface area contributed by atoms with E-state index in [9.17, 15) is 13.2 Å². The van der Waals surface area contributed by atoms with Crippen molar-refractivity contribution in [1.29, 1.82) is 0 Å². The van der Waals surface area contributed by atoms with Gasteiger partial charge in [-0.2, -0.15) is 13.2 Å². The van der Waals surface area contributed by atoms with Gasteiger partial charge in [0, 0.05) is 18.3 Å². The van der Waals surface area contributed by atoms with Crippen LogP contribution in [0, 0.1) is 0 Å². The molecule has 0 spiro atoms. The van der Waals surface area contributed by atoms with Crippen LogP contribution in [0.4, 0.5) is 19.0 Å². The molecule has 1 aromatic rings. The molecule has 1 unspecified atom stereocenters. The SMILES string of the molecule is FC(F)(F)C1CNc2ncccc21. The predicted octanol–water partition coefficient (Wildman–Crippen LogP) is 2.15. The predicted molar refractivity (Wildman–Crippen MR) is 41.5 cm³/mol. The van der Waals surface area contributed by atoms with Gasteiger partial charge in [0.05, 0.1) is 0 Å². The highest BCUT2D eigenvalue weighted by molar-refractivity contribution is 5.52. The minimum Gasteiger partial charge on any atom is -0.369 e. The molecule has 0 aromatic carbocycles. The largest absolute Gasteiger partial charge is 0.397 e. The van der Waals surface area contributed by atoms with Gasteiger partial charge in [-0.25, -0.2) is 4.98 Å². The third kappa shape index (κ3) is 1.34. The lowest BCUT2D eigenvalue weighted by molar-refractivity contribution is -0.145. The van der Waals surface area contributed by atoms with Gasteiger partial charge in [-0.1, -0.05) is 6.07 Å². The van der Waals surface area contributed by atoms with E-state index < -0.39 is 12.1 Å². The van der Waals surface area contributed by atoms with E-state index in [1.165, 1.54) is 18.3 Å². The van der Waals surface area contributed by atoms with Crippen LogP contribution in [-0.4, -0.2) is 17.7 Å². The molecule has 13 heavy (non-hydrogen) atoms. The summed E-state index contributed by atoms with van der Waals surface area (Å²) < 4.78 is 37.1. The van der Waals surface area contributed by atoms with E-state index in [1.807, 2.05) is 0 Å². The Morgan fingerprint density at radius 2 is 2.23 bits per heavy atom. The molecular weight excluding hydrogens is 181 g/mol. The summed E-state index contributed by atoms with van der Waals surface area (Å²) in [7, 11) is 0. The molecule has 2 heterocycles. The zero-order valence-corrected chi connectivity index (χ0v) is 6.60. The van der Waals surface area contributed by atoms with E-state index in [0.717, 1.165) is 0 Å². The average Bonchev–Trinajstić information content (AvgIpc) is 2.45. The summed E-state index contributed by atoms with van der Waals surface area (Å²) in [5.74, 6) is -1.05. The van der Waals surface area contributed by atoms with Crippen LogP contribution >= 0.6 is 0 Å². The number of aromatic nitrogens is 1. The fourth-order valence-electron chi connectivity index (χ4n) is 1.45. The number of nitrogens with zero attached hydrogens (tertiary/aromatic N) is 1. The normalized spacial score (nSPS) is 21.0. The van der Waals surface area contributed by atoms with E-state index in [0.29, 0.717) is 5.82 Å². The minimum atomic E-state index is -4.18. The molecule has 0 radical (unpaired) electrons. The molecular formula is C8H7F3N2. The lowest BCUT2D eigenvalue weighted by Crippen LogP contribution is -2.22. The monoisotopic (exact) mass is 188 g/mol. The van der Waals surface area contributed by atoms with Gasteiger partial charge in [-0.05, 0) is 6.07 Å². The average molecular weight is 188 g/mol. The van der Waals surface area contributed by atoms with Crippen molar-refractivity contribution in [2.75, 3.05) is 11.9 Å². The molecule has 0 bridgehead atoms. The Balaban J connectivity index is 2.39. The topological polar surface area (TPSA) is 24.9 Å². The molecule has 1 atom stereocenters. The van der Waals surface area contributed by atoms with Gasteiger partial charge >= 0.3 is 6.18 Å². The maximum absolute atomic E-state index is 12.4. The highest BCUT2D eigenvalue weighted by atomic mass is 19.4. The summed E-state index contributed by atoms with van der Waals surface area (Å²) in [5, 5.41) is 2.63. The van der Waals surface area contributed by atoms with Crippen molar-refractivity contribution in [1.82, 2.24) is 4.98 Å². The molecule has 1 aliphatic rings. The third-order valence-electron chi connectivity index (χ3n) is 2.08. The Morgan fingerprint density at radius 3 is 2.92 bits per heavy atom. The molecule has 2 nitrogen and oxygen atoms in total. The molecule has 5 heteroatoms. The van der Waals surface area contributed by atoms with Gasteiger partial charge in [0.15, 0.2) is 0 Å². The van der Waals surface area contributed by atoms with E-state index >= 15 is 0 Å². The van der Waals surface area contributed by atoms with Crippen LogP contribution in [0.5, 0.6) is 0 Å². The quantitative estimate of drug-likeness (QED) is 0.674. The van der Waals surface area contributed by atoms with Gasteiger partial charge < -0.3 is 5.32 Å². The third-order valence-corrected chi connectivity index (χ3v) is 2.08. The lowest BCUT2D eigenvalue weighted by Gasteiger charge is -2.13. The van der Waals surface area contributed by atoms with Crippen molar-refractivity contribution in [3.8, 4) is 0 Å². The highest BCUT2D eigenvalue weighted by Crippen LogP contribution is 2.40. The fraction of sp³-hybridized carbons (Fsp3) is 0.375. The van der Waals surface area contributed by atoms with E-state index in [2.05, 4.69) is 10.3 Å². The van der Waals surface area contributed by atoms with Gasteiger partial charge in [-0.15, -0.1) is 0 Å². The first kappa shape index (κ1) is 8.34. The van der Waals surface area contributed by atoms with E-state index in [1.54, 1.807) is 0 Å². The number of fused-ring (bicyclic) bond motifs is 1. The standard InChI is InChI=1S/C8H7F3N2/c9-8(10,11)6-4-13-7-5(6)2-1-3-12-7/h1-3,6H,4H2,(H,12,13). The second-order valence-electron chi connectivity index (χ2n) is 2.92. The number of rotatable bonds is 0. The van der Waals surface area contributed by atoms with Crippen LogP contribution in [0.3, 0.4) is 0 Å². The fourth-order valence-corrected chi connectivity index (χ4v) is 1.45. The zero-order valence-electron chi connectivity index (χ0n) is 6.60. The number of nitrogens with one attached hydrogen (secondary N) is 1.